The summed E-state index contributed by atoms with van der Waals surface area (Å²) in [6.45, 7) is 4.52. The van der Waals surface area contributed by atoms with Gasteiger partial charge in [0.05, 0.1) is 25.0 Å². The fourth-order valence-electron chi connectivity index (χ4n) is 4.89. The first-order valence-electron chi connectivity index (χ1n) is 11.9. The van der Waals surface area contributed by atoms with E-state index in [1.54, 1.807) is 11.8 Å². The zero-order chi connectivity index (χ0) is 23.4. The quantitative estimate of drug-likeness (QED) is 0.627. The van der Waals surface area contributed by atoms with Crippen LogP contribution in [0, 0.1) is 17.8 Å². The lowest BCUT2D eigenvalue weighted by molar-refractivity contribution is -0.150. The molecule has 0 spiro atoms. The summed E-state index contributed by atoms with van der Waals surface area (Å²) in [5, 5.41) is 3.04. The molecule has 174 valence electrons. The Hall–Kier alpha value is -3.15. The van der Waals surface area contributed by atoms with E-state index >= 15 is 0 Å². The number of nitrogens with one attached hydrogen (secondary N) is 1. The van der Waals surface area contributed by atoms with Gasteiger partial charge in [-0.05, 0) is 36.8 Å². The van der Waals surface area contributed by atoms with Crippen LogP contribution in [0.4, 0.5) is 0 Å². The lowest BCUT2D eigenvalue weighted by Gasteiger charge is -2.31. The molecule has 2 amide bonds. The zero-order valence-electron chi connectivity index (χ0n) is 19.3. The van der Waals surface area contributed by atoms with E-state index in [1.807, 2.05) is 67.6 Å². The molecule has 6 heteroatoms. The lowest BCUT2D eigenvalue weighted by Crippen LogP contribution is -2.49. The van der Waals surface area contributed by atoms with Gasteiger partial charge >= 0.3 is 5.97 Å². The van der Waals surface area contributed by atoms with Crippen molar-refractivity contribution in [1.82, 2.24) is 10.2 Å². The van der Waals surface area contributed by atoms with Gasteiger partial charge < -0.3 is 15.0 Å². The minimum Gasteiger partial charge on any atom is -0.466 e. The summed E-state index contributed by atoms with van der Waals surface area (Å²) in [4.78, 5) is 41.9. The van der Waals surface area contributed by atoms with Gasteiger partial charge in [-0.1, -0.05) is 67.6 Å². The molecule has 33 heavy (non-hydrogen) atoms. The van der Waals surface area contributed by atoms with Crippen LogP contribution in [-0.4, -0.2) is 41.9 Å². The summed E-state index contributed by atoms with van der Waals surface area (Å²) in [7, 11) is 0. The highest BCUT2D eigenvalue weighted by Gasteiger charge is 2.55. The average molecular weight is 449 g/mol. The standard InChI is InChI=1S/C27H32N2O4/c1-3-33-27(32)23-18(2)24(26(31)28-17-20-14-15-20)29(25(23)21-12-8-5-9-13-21)22(30)16-19-10-6-4-7-11-19/h4-13,18,20,23-25H,3,14-17H2,1-2H3,(H,28,31). The Morgan fingerprint density at radius 2 is 1.64 bits per heavy atom. The summed E-state index contributed by atoms with van der Waals surface area (Å²) in [5.41, 5.74) is 1.71. The van der Waals surface area contributed by atoms with Crippen molar-refractivity contribution < 1.29 is 19.1 Å². The normalized spacial score (nSPS) is 24.4. The SMILES string of the molecule is CCOC(=O)C1C(C)C(C(=O)NCC2CC2)N(C(=O)Cc2ccccc2)C1c1ccccc1. The van der Waals surface area contributed by atoms with Crippen molar-refractivity contribution in [2.45, 2.75) is 45.2 Å². The molecule has 4 rings (SSSR count). The molecule has 2 fully saturated rings. The maximum absolute atomic E-state index is 13.7. The number of ether oxygens (including phenoxy) is 1. The largest absolute Gasteiger partial charge is 0.466 e. The second kappa shape index (κ2) is 10.2. The van der Waals surface area contributed by atoms with Gasteiger partial charge in [-0.2, -0.15) is 0 Å². The lowest BCUT2D eigenvalue weighted by atomic mass is 9.85. The highest BCUT2D eigenvalue weighted by atomic mass is 16.5. The maximum Gasteiger partial charge on any atom is 0.311 e. The Labute approximate surface area is 195 Å². The van der Waals surface area contributed by atoms with E-state index < -0.39 is 18.0 Å². The molecule has 0 bridgehead atoms. The minimum absolute atomic E-state index is 0.166. The fraction of sp³-hybridized carbons (Fsp3) is 0.444. The Kier molecular flexibility index (Phi) is 7.11. The number of nitrogens with zero attached hydrogens (tertiary/aromatic N) is 1. The van der Waals surface area contributed by atoms with Gasteiger partial charge in [0.2, 0.25) is 11.8 Å². The van der Waals surface area contributed by atoms with Gasteiger partial charge in [0.15, 0.2) is 0 Å². The first-order chi connectivity index (χ1) is 16.0. The molecule has 2 aromatic rings. The number of likely N-dealkylation sites (tertiary alicyclic amines) is 1. The summed E-state index contributed by atoms with van der Waals surface area (Å²) in [5.74, 6) is -1.21. The molecule has 2 aliphatic rings. The molecule has 1 saturated carbocycles. The Bertz CT molecular complexity index is 974. The summed E-state index contributed by atoms with van der Waals surface area (Å²) in [6, 6.07) is 17.7. The van der Waals surface area contributed by atoms with Crippen LogP contribution >= 0.6 is 0 Å². The number of amides is 2. The van der Waals surface area contributed by atoms with E-state index in [1.165, 1.54) is 0 Å². The average Bonchev–Trinajstić information content (AvgIpc) is 3.60. The molecule has 0 radical (unpaired) electrons. The Morgan fingerprint density at radius 3 is 2.24 bits per heavy atom. The van der Waals surface area contributed by atoms with Gasteiger partial charge in [-0.25, -0.2) is 0 Å². The van der Waals surface area contributed by atoms with E-state index in [0.717, 1.165) is 24.0 Å². The van der Waals surface area contributed by atoms with E-state index in [4.69, 9.17) is 4.74 Å². The molecular formula is C27H32N2O4. The van der Waals surface area contributed by atoms with Gasteiger partial charge in [-0.15, -0.1) is 0 Å². The molecule has 2 aromatic carbocycles. The molecule has 4 unspecified atom stereocenters. The van der Waals surface area contributed by atoms with Crippen molar-refractivity contribution in [3.63, 3.8) is 0 Å². The summed E-state index contributed by atoms with van der Waals surface area (Å²) in [6.07, 6.45) is 2.41. The molecular weight excluding hydrogens is 416 g/mol. The van der Waals surface area contributed by atoms with Crippen LogP contribution in [0.3, 0.4) is 0 Å². The number of hydrogen-bond acceptors (Lipinski definition) is 4. The summed E-state index contributed by atoms with van der Waals surface area (Å²) >= 11 is 0. The van der Waals surface area contributed by atoms with Crippen molar-refractivity contribution >= 4 is 17.8 Å². The van der Waals surface area contributed by atoms with Crippen molar-refractivity contribution in [1.29, 1.82) is 0 Å². The third-order valence-electron chi connectivity index (χ3n) is 6.72. The monoisotopic (exact) mass is 448 g/mol. The zero-order valence-corrected chi connectivity index (χ0v) is 19.3. The molecule has 0 aromatic heterocycles. The Morgan fingerprint density at radius 1 is 1.00 bits per heavy atom. The minimum atomic E-state index is -0.737. The van der Waals surface area contributed by atoms with E-state index in [9.17, 15) is 14.4 Å². The number of carbonyl (C=O) groups is 3. The van der Waals surface area contributed by atoms with Crippen molar-refractivity contribution in [3.8, 4) is 0 Å². The molecule has 1 N–H and O–H groups in total. The van der Waals surface area contributed by atoms with Crippen LogP contribution in [0.1, 0.15) is 43.9 Å². The van der Waals surface area contributed by atoms with Crippen LogP contribution < -0.4 is 5.32 Å². The number of hydrogen-bond donors (Lipinski definition) is 1. The van der Waals surface area contributed by atoms with Crippen LogP contribution in [-0.2, 0) is 25.5 Å². The number of carbonyl (C=O) groups excluding carboxylic acids is 3. The second-order valence-electron chi connectivity index (χ2n) is 9.09. The van der Waals surface area contributed by atoms with E-state index in [-0.39, 0.29) is 36.7 Å². The van der Waals surface area contributed by atoms with Crippen molar-refractivity contribution in [2.75, 3.05) is 13.2 Å². The smallest absolute Gasteiger partial charge is 0.311 e. The van der Waals surface area contributed by atoms with Crippen LogP contribution in [0.25, 0.3) is 0 Å². The first-order valence-corrected chi connectivity index (χ1v) is 11.9. The van der Waals surface area contributed by atoms with Crippen molar-refractivity contribution in [2.24, 2.45) is 17.8 Å². The van der Waals surface area contributed by atoms with Gasteiger partial charge in [0.1, 0.15) is 6.04 Å². The third kappa shape index (κ3) is 5.10. The first kappa shape index (κ1) is 23.0. The highest BCUT2D eigenvalue weighted by Crippen LogP contribution is 2.46. The van der Waals surface area contributed by atoms with Crippen LogP contribution in [0.5, 0.6) is 0 Å². The third-order valence-corrected chi connectivity index (χ3v) is 6.72. The van der Waals surface area contributed by atoms with Crippen LogP contribution in [0.2, 0.25) is 0 Å². The topological polar surface area (TPSA) is 75.7 Å². The molecule has 4 atom stereocenters. The van der Waals surface area contributed by atoms with E-state index in [2.05, 4.69) is 5.32 Å². The second-order valence-corrected chi connectivity index (χ2v) is 9.09. The number of rotatable bonds is 8. The Balaban J connectivity index is 1.72. The summed E-state index contributed by atoms with van der Waals surface area (Å²) < 4.78 is 5.42. The molecule has 1 heterocycles. The molecule has 1 aliphatic heterocycles. The number of benzene rings is 2. The van der Waals surface area contributed by atoms with Crippen molar-refractivity contribution in [3.05, 3.63) is 71.8 Å². The van der Waals surface area contributed by atoms with Gasteiger partial charge in [0.25, 0.3) is 0 Å². The van der Waals surface area contributed by atoms with E-state index in [0.29, 0.717) is 12.5 Å². The number of esters is 1. The maximum atomic E-state index is 13.7. The predicted octanol–water partition coefficient (Wildman–Crippen LogP) is 3.52. The highest BCUT2D eigenvalue weighted by molar-refractivity contribution is 5.92. The molecule has 6 nitrogen and oxygen atoms in total. The van der Waals surface area contributed by atoms with Gasteiger partial charge in [0, 0.05) is 12.5 Å². The predicted molar refractivity (Wildman–Crippen MR) is 125 cm³/mol. The fourth-order valence-corrected chi connectivity index (χ4v) is 4.89. The van der Waals surface area contributed by atoms with Gasteiger partial charge in [-0.3, -0.25) is 14.4 Å². The van der Waals surface area contributed by atoms with Crippen LogP contribution in [0.15, 0.2) is 60.7 Å². The molecule has 1 aliphatic carbocycles. The molecule has 1 saturated heterocycles.